The van der Waals surface area contributed by atoms with Gasteiger partial charge in [-0.25, -0.2) is 9.37 Å². The summed E-state index contributed by atoms with van der Waals surface area (Å²) in [5, 5.41) is 3.75. The largest absolute Gasteiger partial charge is 0.350 e. The smallest absolute Gasteiger partial charge is 0.254 e. The van der Waals surface area contributed by atoms with Gasteiger partial charge >= 0.3 is 0 Å². The molecule has 1 amide bonds. The van der Waals surface area contributed by atoms with Crippen LogP contribution in [0.2, 0.25) is 5.15 Å². The van der Waals surface area contributed by atoms with E-state index in [1.165, 1.54) is 12.1 Å². The van der Waals surface area contributed by atoms with Gasteiger partial charge in [0.25, 0.3) is 5.91 Å². The van der Waals surface area contributed by atoms with Crippen molar-refractivity contribution in [3.05, 3.63) is 40.8 Å². The standard InChI is InChI=1S/C20H26ClFN4O/c1-4-25-7-9-26(10-8-25)20(2,3)13-23-19(27)16-11-14-5-6-15(22)12-17(14)24-18(16)21/h5-6,11-12H,4,7-10,13H2,1-3H3,(H,23,27). The molecule has 1 fully saturated rings. The number of amides is 1. The minimum absolute atomic E-state index is 0.0833. The summed E-state index contributed by atoms with van der Waals surface area (Å²) < 4.78 is 13.3. The number of rotatable bonds is 5. The lowest BCUT2D eigenvalue weighted by atomic mass is 10.0. The van der Waals surface area contributed by atoms with E-state index in [-0.39, 0.29) is 22.4 Å². The lowest BCUT2D eigenvalue weighted by Gasteiger charge is -2.44. The third kappa shape index (κ3) is 4.57. The average Bonchev–Trinajstić information content (AvgIpc) is 2.65. The number of carbonyl (C=O) groups is 1. The van der Waals surface area contributed by atoms with Crippen LogP contribution in [0.25, 0.3) is 10.9 Å². The summed E-state index contributed by atoms with van der Waals surface area (Å²) in [6.07, 6.45) is 0. The highest BCUT2D eigenvalue weighted by Crippen LogP contribution is 2.22. The van der Waals surface area contributed by atoms with Gasteiger partial charge in [-0.05, 0) is 38.6 Å². The summed E-state index contributed by atoms with van der Waals surface area (Å²) in [6, 6.07) is 5.91. The minimum atomic E-state index is -0.381. The average molecular weight is 393 g/mol. The van der Waals surface area contributed by atoms with E-state index >= 15 is 0 Å². The maximum absolute atomic E-state index is 13.3. The molecule has 1 saturated heterocycles. The Hall–Kier alpha value is -1.76. The molecule has 0 radical (unpaired) electrons. The van der Waals surface area contributed by atoms with Gasteiger partial charge in [0.05, 0.1) is 11.1 Å². The Bertz CT molecular complexity index is 834. The van der Waals surface area contributed by atoms with E-state index in [0.29, 0.717) is 23.0 Å². The summed E-state index contributed by atoms with van der Waals surface area (Å²) in [4.78, 5) is 21.7. The molecule has 0 aliphatic carbocycles. The molecule has 0 spiro atoms. The Kier molecular flexibility index (Phi) is 5.99. The molecule has 1 N–H and O–H groups in total. The number of carbonyl (C=O) groups excluding carboxylic acids is 1. The zero-order valence-electron chi connectivity index (χ0n) is 16.1. The van der Waals surface area contributed by atoms with Crippen molar-refractivity contribution < 1.29 is 9.18 Å². The fraction of sp³-hybridized carbons (Fsp3) is 0.500. The van der Waals surface area contributed by atoms with E-state index in [0.717, 1.165) is 32.7 Å². The maximum Gasteiger partial charge on any atom is 0.254 e. The Morgan fingerprint density at radius 2 is 1.96 bits per heavy atom. The van der Waals surface area contributed by atoms with Gasteiger partial charge in [0, 0.05) is 49.7 Å². The fourth-order valence-corrected chi connectivity index (χ4v) is 3.68. The molecule has 0 unspecified atom stereocenters. The van der Waals surface area contributed by atoms with Gasteiger partial charge in [0.2, 0.25) is 0 Å². The molecular formula is C20H26ClFN4O. The second-order valence-corrected chi connectivity index (χ2v) is 7.94. The van der Waals surface area contributed by atoms with E-state index in [2.05, 4.69) is 40.9 Å². The molecule has 0 bridgehead atoms. The molecule has 27 heavy (non-hydrogen) atoms. The number of hydrogen-bond donors (Lipinski definition) is 1. The zero-order chi connectivity index (χ0) is 19.6. The number of fused-ring (bicyclic) bond motifs is 1. The summed E-state index contributed by atoms with van der Waals surface area (Å²) in [5.74, 6) is -0.646. The SMILES string of the molecule is CCN1CCN(C(C)(C)CNC(=O)c2cc3ccc(F)cc3nc2Cl)CC1. The lowest BCUT2D eigenvalue weighted by Crippen LogP contribution is -2.58. The van der Waals surface area contributed by atoms with Gasteiger partial charge in [0.15, 0.2) is 0 Å². The number of nitrogens with one attached hydrogen (secondary N) is 1. The van der Waals surface area contributed by atoms with Crippen molar-refractivity contribution >= 4 is 28.4 Å². The van der Waals surface area contributed by atoms with Crippen LogP contribution in [0, 0.1) is 5.82 Å². The van der Waals surface area contributed by atoms with Crippen molar-refractivity contribution in [3.63, 3.8) is 0 Å². The van der Waals surface area contributed by atoms with Gasteiger partial charge in [-0.2, -0.15) is 0 Å². The zero-order valence-corrected chi connectivity index (χ0v) is 16.8. The second kappa shape index (κ2) is 8.09. The molecule has 3 rings (SSSR count). The molecule has 1 aromatic heterocycles. The number of benzene rings is 1. The van der Waals surface area contributed by atoms with Crippen LogP contribution in [-0.4, -0.2) is 65.5 Å². The minimum Gasteiger partial charge on any atom is -0.350 e. The van der Waals surface area contributed by atoms with Gasteiger partial charge in [-0.1, -0.05) is 18.5 Å². The third-order valence-corrected chi connectivity index (χ3v) is 5.62. The predicted octanol–water partition coefficient (Wildman–Crippen LogP) is 3.17. The van der Waals surface area contributed by atoms with E-state index in [4.69, 9.17) is 11.6 Å². The molecule has 2 aromatic rings. The van der Waals surface area contributed by atoms with Crippen molar-refractivity contribution in [2.45, 2.75) is 26.3 Å². The summed E-state index contributed by atoms with van der Waals surface area (Å²) in [5.41, 5.74) is 0.586. The van der Waals surface area contributed by atoms with Crippen LogP contribution in [0.15, 0.2) is 24.3 Å². The first-order chi connectivity index (χ1) is 12.8. The molecule has 0 atom stereocenters. The van der Waals surface area contributed by atoms with Crippen molar-refractivity contribution in [2.24, 2.45) is 0 Å². The number of pyridine rings is 1. The fourth-order valence-electron chi connectivity index (χ4n) is 3.45. The molecule has 0 saturated carbocycles. The van der Waals surface area contributed by atoms with Gasteiger partial charge in [0.1, 0.15) is 11.0 Å². The quantitative estimate of drug-likeness (QED) is 0.794. The van der Waals surface area contributed by atoms with Gasteiger partial charge < -0.3 is 10.2 Å². The normalized spacial score (nSPS) is 16.6. The maximum atomic E-state index is 13.3. The first-order valence-electron chi connectivity index (χ1n) is 9.31. The highest BCUT2D eigenvalue weighted by Gasteiger charge is 2.30. The van der Waals surface area contributed by atoms with Crippen molar-refractivity contribution in [1.29, 1.82) is 0 Å². The first-order valence-corrected chi connectivity index (χ1v) is 9.69. The Labute approximate surface area is 164 Å². The molecule has 5 nitrogen and oxygen atoms in total. The second-order valence-electron chi connectivity index (χ2n) is 7.58. The van der Waals surface area contributed by atoms with E-state index < -0.39 is 0 Å². The third-order valence-electron chi connectivity index (χ3n) is 5.33. The topological polar surface area (TPSA) is 48.5 Å². The van der Waals surface area contributed by atoms with Crippen molar-refractivity contribution in [2.75, 3.05) is 39.3 Å². The van der Waals surface area contributed by atoms with E-state index in [1.807, 2.05) is 0 Å². The van der Waals surface area contributed by atoms with Crippen LogP contribution in [0.3, 0.4) is 0 Å². The van der Waals surface area contributed by atoms with Gasteiger partial charge in [-0.3, -0.25) is 9.69 Å². The summed E-state index contributed by atoms with van der Waals surface area (Å²) >= 11 is 6.17. The van der Waals surface area contributed by atoms with Crippen LogP contribution in [0.5, 0.6) is 0 Å². The Morgan fingerprint density at radius 1 is 1.26 bits per heavy atom. The monoisotopic (exact) mass is 392 g/mol. The van der Waals surface area contributed by atoms with Crippen molar-refractivity contribution in [3.8, 4) is 0 Å². The first kappa shape index (κ1) is 20.0. The van der Waals surface area contributed by atoms with Crippen LogP contribution in [0.1, 0.15) is 31.1 Å². The predicted molar refractivity (Wildman–Crippen MR) is 107 cm³/mol. The van der Waals surface area contributed by atoms with Crippen molar-refractivity contribution in [1.82, 2.24) is 20.1 Å². The van der Waals surface area contributed by atoms with E-state index in [1.54, 1.807) is 12.1 Å². The molecule has 146 valence electrons. The molecule has 1 aliphatic heterocycles. The number of hydrogen-bond acceptors (Lipinski definition) is 4. The highest BCUT2D eigenvalue weighted by molar-refractivity contribution is 6.33. The number of nitrogens with zero attached hydrogens (tertiary/aromatic N) is 3. The summed E-state index contributed by atoms with van der Waals surface area (Å²) in [7, 11) is 0. The molecule has 1 aromatic carbocycles. The molecule has 7 heteroatoms. The van der Waals surface area contributed by atoms with Crippen LogP contribution >= 0.6 is 11.6 Å². The van der Waals surface area contributed by atoms with Crippen LogP contribution in [-0.2, 0) is 0 Å². The number of likely N-dealkylation sites (N-methyl/N-ethyl adjacent to an activating group) is 1. The lowest BCUT2D eigenvalue weighted by molar-refractivity contribution is 0.0521. The van der Waals surface area contributed by atoms with Crippen LogP contribution in [0.4, 0.5) is 4.39 Å². The Balaban J connectivity index is 1.67. The van der Waals surface area contributed by atoms with Gasteiger partial charge in [-0.15, -0.1) is 0 Å². The summed E-state index contributed by atoms with van der Waals surface area (Å²) in [6.45, 7) is 12.1. The molecule has 2 heterocycles. The Morgan fingerprint density at radius 3 is 2.63 bits per heavy atom. The number of aromatic nitrogens is 1. The molecular weight excluding hydrogens is 367 g/mol. The highest BCUT2D eigenvalue weighted by atomic mass is 35.5. The number of piperazine rings is 1. The van der Waals surface area contributed by atoms with Crippen LogP contribution < -0.4 is 5.32 Å². The van der Waals surface area contributed by atoms with E-state index in [9.17, 15) is 9.18 Å². The molecule has 1 aliphatic rings. The number of halogens is 2.